The van der Waals surface area contributed by atoms with Crippen molar-refractivity contribution in [1.82, 2.24) is 0 Å². The molecular formula is C27H34F2O3. The zero-order valence-electron chi connectivity index (χ0n) is 19.0. The number of hydrogen-bond acceptors (Lipinski definition) is 3. The summed E-state index contributed by atoms with van der Waals surface area (Å²) in [5.74, 6) is 2.61. The van der Waals surface area contributed by atoms with Crippen molar-refractivity contribution >= 4 is 11.9 Å². The number of rotatable bonds is 3. The minimum atomic E-state index is -2.84. The number of aliphatic hydroxyl groups is 1. The number of hydrogen-bond donors (Lipinski definition) is 1. The van der Waals surface area contributed by atoms with Crippen molar-refractivity contribution in [2.24, 2.45) is 34.5 Å². The second kappa shape index (κ2) is 7.93. The highest BCUT2D eigenvalue weighted by molar-refractivity contribution is 6.05. The maximum Gasteiger partial charge on any atom is 0.387 e. The molecule has 1 aromatic rings. The van der Waals surface area contributed by atoms with E-state index >= 15 is 0 Å². The van der Waals surface area contributed by atoms with E-state index in [-0.39, 0.29) is 23.1 Å². The largest absolute Gasteiger partial charge is 0.435 e. The van der Waals surface area contributed by atoms with Gasteiger partial charge in [-0.05, 0) is 110 Å². The van der Waals surface area contributed by atoms with Gasteiger partial charge in [0.1, 0.15) is 5.75 Å². The van der Waals surface area contributed by atoms with Gasteiger partial charge in [-0.1, -0.05) is 26.0 Å². The van der Waals surface area contributed by atoms with Crippen LogP contribution >= 0.6 is 0 Å². The van der Waals surface area contributed by atoms with Crippen LogP contribution in [-0.2, 0) is 4.79 Å². The molecule has 1 aromatic carbocycles. The summed E-state index contributed by atoms with van der Waals surface area (Å²) < 4.78 is 29.2. The van der Waals surface area contributed by atoms with Gasteiger partial charge in [0.15, 0.2) is 5.78 Å². The van der Waals surface area contributed by atoms with Crippen molar-refractivity contribution in [2.45, 2.75) is 77.9 Å². The van der Waals surface area contributed by atoms with Crippen molar-refractivity contribution in [3.8, 4) is 5.75 Å². The highest BCUT2D eigenvalue weighted by Crippen LogP contribution is 2.66. The lowest BCUT2D eigenvalue weighted by Gasteiger charge is -2.59. The minimum Gasteiger partial charge on any atom is -0.435 e. The molecule has 4 fully saturated rings. The Morgan fingerprint density at radius 1 is 1.06 bits per heavy atom. The lowest BCUT2D eigenvalue weighted by atomic mass is 9.45. The van der Waals surface area contributed by atoms with Crippen LogP contribution in [0.5, 0.6) is 5.75 Å². The molecule has 0 amide bonds. The number of benzene rings is 1. The van der Waals surface area contributed by atoms with E-state index in [1.54, 1.807) is 12.1 Å². The first kappa shape index (κ1) is 22.1. The molecule has 32 heavy (non-hydrogen) atoms. The molecule has 4 saturated carbocycles. The van der Waals surface area contributed by atoms with Crippen molar-refractivity contribution in [1.29, 1.82) is 0 Å². The average Bonchev–Trinajstić information content (AvgIpc) is 3.00. The second-order valence-electron chi connectivity index (χ2n) is 11.2. The maximum absolute atomic E-state index is 13.5. The first-order chi connectivity index (χ1) is 15.2. The normalized spacial score (nSPS) is 42.5. The summed E-state index contributed by atoms with van der Waals surface area (Å²) in [7, 11) is 0. The lowest BCUT2D eigenvalue weighted by molar-refractivity contribution is -0.141. The van der Waals surface area contributed by atoms with Crippen LogP contribution in [0, 0.1) is 34.5 Å². The number of aliphatic hydroxyl groups excluding tert-OH is 1. The molecule has 1 N–H and O–H groups in total. The lowest BCUT2D eigenvalue weighted by Crippen LogP contribution is -2.54. The van der Waals surface area contributed by atoms with E-state index in [9.17, 15) is 18.7 Å². The molecule has 5 heteroatoms. The third kappa shape index (κ3) is 3.52. The van der Waals surface area contributed by atoms with E-state index < -0.39 is 6.61 Å². The zero-order chi connectivity index (χ0) is 22.7. The molecule has 7 atom stereocenters. The Bertz CT molecular complexity index is 910. The number of ether oxygens (including phenoxy) is 1. The molecule has 4 aliphatic carbocycles. The Balaban J connectivity index is 1.38. The van der Waals surface area contributed by atoms with Crippen molar-refractivity contribution < 1.29 is 23.4 Å². The Labute approximate surface area is 189 Å². The number of carbonyl (C=O) groups excluding carboxylic acids is 1. The first-order valence-corrected chi connectivity index (χ1v) is 12.2. The van der Waals surface area contributed by atoms with E-state index in [2.05, 4.69) is 18.6 Å². The number of ketones is 1. The predicted octanol–water partition coefficient (Wildman–Crippen LogP) is 6.25. The Morgan fingerprint density at radius 3 is 2.53 bits per heavy atom. The maximum atomic E-state index is 13.5. The van der Waals surface area contributed by atoms with E-state index in [4.69, 9.17) is 0 Å². The van der Waals surface area contributed by atoms with Gasteiger partial charge < -0.3 is 9.84 Å². The Kier molecular flexibility index (Phi) is 5.47. The van der Waals surface area contributed by atoms with Crippen molar-refractivity contribution in [3.63, 3.8) is 0 Å². The summed E-state index contributed by atoms with van der Waals surface area (Å²) in [6.07, 6.45) is 9.97. The third-order valence-electron chi connectivity index (χ3n) is 9.72. The van der Waals surface area contributed by atoms with Gasteiger partial charge in [-0.2, -0.15) is 8.78 Å². The van der Waals surface area contributed by atoms with Crippen LogP contribution in [0.2, 0.25) is 0 Å². The van der Waals surface area contributed by atoms with Crippen LogP contribution in [0.4, 0.5) is 8.78 Å². The number of fused-ring (bicyclic) bond motifs is 5. The highest BCUT2D eigenvalue weighted by Gasteiger charge is 2.61. The molecule has 0 saturated heterocycles. The van der Waals surface area contributed by atoms with Crippen LogP contribution in [-0.4, -0.2) is 23.6 Å². The number of alkyl halides is 2. The Morgan fingerprint density at radius 2 is 1.81 bits per heavy atom. The smallest absolute Gasteiger partial charge is 0.387 e. The zero-order valence-corrected chi connectivity index (χ0v) is 19.0. The molecule has 0 spiro atoms. The van der Waals surface area contributed by atoms with Gasteiger partial charge in [0.05, 0.1) is 6.10 Å². The number of halogens is 2. The summed E-state index contributed by atoms with van der Waals surface area (Å²) in [6, 6.07) is 6.54. The third-order valence-corrected chi connectivity index (χ3v) is 9.72. The van der Waals surface area contributed by atoms with Crippen LogP contribution in [0.15, 0.2) is 29.8 Å². The van der Waals surface area contributed by atoms with Gasteiger partial charge >= 0.3 is 6.61 Å². The summed E-state index contributed by atoms with van der Waals surface area (Å²) >= 11 is 0. The molecule has 0 bridgehead atoms. The molecule has 0 heterocycles. The van der Waals surface area contributed by atoms with Gasteiger partial charge in [-0.3, -0.25) is 4.79 Å². The number of allylic oxidation sites excluding steroid dienone is 1. The molecule has 0 unspecified atom stereocenters. The molecular weight excluding hydrogens is 410 g/mol. The van der Waals surface area contributed by atoms with Gasteiger partial charge in [0.25, 0.3) is 0 Å². The highest BCUT2D eigenvalue weighted by atomic mass is 19.3. The first-order valence-electron chi connectivity index (χ1n) is 12.2. The molecule has 174 valence electrons. The van der Waals surface area contributed by atoms with Crippen molar-refractivity contribution in [3.05, 3.63) is 35.4 Å². The number of Topliss-reactive ketones (excluding diaryl/α,β-unsaturated/α-hetero) is 1. The van der Waals surface area contributed by atoms with E-state index in [0.717, 1.165) is 56.1 Å². The summed E-state index contributed by atoms with van der Waals surface area (Å²) in [5, 5.41) is 10.2. The summed E-state index contributed by atoms with van der Waals surface area (Å²) in [6.45, 7) is 1.80. The van der Waals surface area contributed by atoms with Gasteiger partial charge in [-0.15, -0.1) is 0 Å². The molecule has 5 rings (SSSR count). The quantitative estimate of drug-likeness (QED) is 0.560. The van der Waals surface area contributed by atoms with Crippen LogP contribution < -0.4 is 4.74 Å². The fourth-order valence-corrected chi connectivity index (χ4v) is 7.98. The van der Waals surface area contributed by atoms with Crippen molar-refractivity contribution in [2.75, 3.05) is 0 Å². The molecule has 3 nitrogen and oxygen atoms in total. The van der Waals surface area contributed by atoms with E-state index in [1.807, 2.05) is 6.08 Å². The van der Waals surface area contributed by atoms with Gasteiger partial charge in [0, 0.05) is 5.41 Å². The monoisotopic (exact) mass is 444 g/mol. The van der Waals surface area contributed by atoms with Crippen LogP contribution in [0.25, 0.3) is 6.08 Å². The van der Waals surface area contributed by atoms with Crippen LogP contribution in [0.1, 0.15) is 70.8 Å². The fourth-order valence-electron chi connectivity index (χ4n) is 7.98. The molecule has 4 aliphatic rings. The predicted molar refractivity (Wildman–Crippen MR) is 119 cm³/mol. The molecule has 0 aromatic heterocycles. The minimum absolute atomic E-state index is 0.131. The summed E-state index contributed by atoms with van der Waals surface area (Å²) in [5.41, 5.74) is 1.74. The second-order valence-corrected chi connectivity index (χ2v) is 11.2. The van der Waals surface area contributed by atoms with Gasteiger partial charge in [0.2, 0.25) is 0 Å². The SMILES string of the molecule is C[C@]12CC[C@H](O)C[C@@H]1CC[C@H]1[C@H]2CC[C@]2(C)C(=O)/C(=C/c3ccc(OC(F)F)cc3)C[C@H]12. The van der Waals surface area contributed by atoms with Crippen LogP contribution in [0.3, 0.4) is 0 Å². The molecule has 0 radical (unpaired) electrons. The average molecular weight is 445 g/mol. The van der Waals surface area contributed by atoms with Gasteiger partial charge in [-0.25, -0.2) is 0 Å². The topological polar surface area (TPSA) is 46.5 Å². The van der Waals surface area contributed by atoms with E-state index in [1.165, 1.54) is 18.6 Å². The molecule has 0 aliphatic heterocycles. The van der Waals surface area contributed by atoms with E-state index in [0.29, 0.717) is 29.1 Å². The fraction of sp³-hybridized carbons (Fsp3) is 0.667. The summed E-state index contributed by atoms with van der Waals surface area (Å²) in [4.78, 5) is 13.5. The number of carbonyl (C=O) groups is 1. The standard InChI is InChI=1S/C27H34F2O3/c1-26-11-9-19(30)15-18(26)5-8-21-22(26)10-12-27(2)23(21)14-17(24(27)31)13-16-3-6-20(7-4-16)32-25(28)29/h3-4,6-7,13,18-19,21-23,25,30H,5,8-12,14-15H2,1-2H3/b17-13+/t18-,19-,21-,22+,23+,26-,27-/m0/s1. The Hall–Kier alpha value is -1.75.